The van der Waals surface area contributed by atoms with Gasteiger partial charge in [0.1, 0.15) is 0 Å². The van der Waals surface area contributed by atoms with Crippen LogP contribution in [0.4, 0.5) is 4.39 Å². The van der Waals surface area contributed by atoms with Crippen LogP contribution in [-0.4, -0.2) is 30.5 Å². The Bertz CT molecular complexity index is 421. The average Bonchev–Trinajstić information content (AvgIpc) is 2.48. The zero-order valence-electron chi connectivity index (χ0n) is 12.1. The van der Waals surface area contributed by atoms with Crippen molar-refractivity contribution in [2.75, 3.05) is 19.5 Å². The van der Waals surface area contributed by atoms with Crippen molar-refractivity contribution in [3.8, 4) is 5.75 Å². The molecule has 0 N–H and O–H groups in total. The molecule has 1 fully saturated rings. The third kappa shape index (κ3) is 4.10. The lowest BCUT2D eigenvalue weighted by Gasteiger charge is -2.34. The average molecular weight is 300 g/mol. The van der Waals surface area contributed by atoms with Crippen LogP contribution < -0.4 is 4.74 Å². The Kier molecular flexibility index (Phi) is 6.11. The number of halogens is 2. The summed E-state index contributed by atoms with van der Waals surface area (Å²) < 4.78 is 18.7. The van der Waals surface area contributed by atoms with E-state index in [1.54, 1.807) is 12.1 Å². The van der Waals surface area contributed by atoms with Gasteiger partial charge in [-0.15, -0.1) is 11.6 Å². The zero-order valence-corrected chi connectivity index (χ0v) is 12.8. The molecule has 0 saturated heterocycles. The minimum atomic E-state index is -0.292. The fourth-order valence-corrected chi connectivity index (χ4v) is 3.21. The molecule has 0 unspecified atom stereocenters. The number of rotatable bonds is 6. The largest absolute Gasteiger partial charge is 0.494 e. The maximum atomic E-state index is 13.8. The highest BCUT2D eigenvalue weighted by Crippen LogP contribution is 2.25. The molecule has 112 valence electrons. The molecule has 0 atom stereocenters. The van der Waals surface area contributed by atoms with Crippen molar-refractivity contribution in [3.63, 3.8) is 0 Å². The molecule has 20 heavy (non-hydrogen) atoms. The molecule has 0 aromatic heterocycles. The Hall–Kier alpha value is -0.800. The molecule has 0 bridgehead atoms. The fourth-order valence-electron chi connectivity index (χ4n) is 2.99. The van der Waals surface area contributed by atoms with Crippen LogP contribution in [0, 0.1) is 5.82 Å². The second-order valence-electron chi connectivity index (χ2n) is 5.42. The monoisotopic (exact) mass is 299 g/mol. The lowest BCUT2D eigenvalue weighted by molar-refractivity contribution is 0.157. The highest BCUT2D eigenvalue weighted by atomic mass is 35.5. The van der Waals surface area contributed by atoms with Gasteiger partial charge >= 0.3 is 0 Å². The number of hydrogen-bond acceptors (Lipinski definition) is 2. The second-order valence-corrected chi connectivity index (χ2v) is 5.80. The van der Waals surface area contributed by atoms with Crippen molar-refractivity contribution < 1.29 is 9.13 Å². The second kappa shape index (κ2) is 7.84. The van der Waals surface area contributed by atoms with E-state index in [9.17, 15) is 4.39 Å². The smallest absolute Gasteiger partial charge is 0.165 e. The quantitative estimate of drug-likeness (QED) is 0.730. The summed E-state index contributed by atoms with van der Waals surface area (Å²) in [5.74, 6) is 0.629. The van der Waals surface area contributed by atoms with Gasteiger partial charge in [0, 0.05) is 25.0 Å². The first-order chi connectivity index (χ1) is 9.74. The first-order valence-electron chi connectivity index (χ1n) is 7.37. The summed E-state index contributed by atoms with van der Waals surface area (Å²) in [6.07, 6.45) is 6.38. The van der Waals surface area contributed by atoms with E-state index in [-0.39, 0.29) is 5.82 Å². The number of hydrogen-bond donors (Lipinski definition) is 0. The van der Waals surface area contributed by atoms with Crippen LogP contribution in [0.3, 0.4) is 0 Å². The van der Waals surface area contributed by atoms with Gasteiger partial charge in [-0.25, -0.2) is 4.39 Å². The van der Waals surface area contributed by atoms with Crippen molar-refractivity contribution >= 4 is 11.6 Å². The van der Waals surface area contributed by atoms with Gasteiger partial charge < -0.3 is 4.74 Å². The number of ether oxygens (including phenoxy) is 1. The Balaban J connectivity index is 2.04. The van der Waals surface area contributed by atoms with Gasteiger partial charge in [-0.05, 0) is 30.5 Å². The molecular formula is C16H23ClFNO. The fraction of sp³-hybridized carbons (Fsp3) is 0.625. The van der Waals surface area contributed by atoms with Crippen LogP contribution in [0.5, 0.6) is 5.75 Å². The molecule has 2 nitrogen and oxygen atoms in total. The molecule has 0 amide bonds. The first-order valence-corrected chi connectivity index (χ1v) is 7.90. The lowest BCUT2D eigenvalue weighted by Crippen LogP contribution is -2.37. The minimum absolute atomic E-state index is 0.292. The highest BCUT2D eigenvalue weighted by molar-refractivity contribution is 6.18. The van der Waals surface area contributed by atoms with Crippen LogP contribution in [0.15, 0.2) is 18.2 Å². The van der Waals surface area contributed by atoms with Crippen LogP contribution in [0.1, 0.15) is 37.7 Å². The predicted octanol–water partition coefficient (Wildman–Crippen LogP) is 4.21. The molecule has 0 radical (unpaired) electrons. The molecule has 1 aliphatic carbocycles. The number of nitrogens with zero attached hydrogens (tertiary/aromatic N) is 1. The maximum absolute atomic E-state index is 13.8. The van der Waals surface area contributed by atoms with E-state index >= 15 is 0 Å². The first kappa shape index (κ1) is 15.6. The Morgan fingerprint density at radius 2 is 2.05 bits per heavy atom. The van der Waals surface area contributed by atoms with Gasteiger partial charge in [0.05, 0.1) is 7.11 Å². The number of methoxy groups -OCH3 is 1. The van der Waals surface area contributed by atoms with E-state index < -0.39 is 0 Å². The van der Waals surface area contributed by atoms with Crippen LogP contribution in [0.25, 0.3) is 0 Å². The van der Waals surface area contributed by atoms with Crippen molar-refractivity contribution in [2.45, 2.75) is 44.7 Å². The van der Waals surface area contributed by atoms with Gasteiger partial charge in [0.15, 0.2) is 11.6 Å². The molecule has 0 heterocycles. The molecular weight excluding hydrogens is 277 g/mol. The van der Waals surface area contributed by atoms with Crippen LogP contribution >= 0.6 is 11.6 Å². The summed E-state index contributed by atoms with van der Waals surface area (Å²) in [4.78, 5) is 2.40. The highest BCUT2D eigenvalue weighted by Gasteiger charge is 2.21. The van der Waals surface area contributed by atoms with Gasteiger partial charge in [-0.2, -0.15) is 0 Å². The van der Waals surface area contributed by atoms with E-state index in [0.717, 1.165) is 18.7 Å². The van der Waals surface area contributed by atoms with Crippen molar-refractivity contribution in [1.29, 1.82) is 0 Å². The van der Waals surface area contributed by atoms with Crippen molar-refractivity contribution in [1.82, 2.24) is 4.90 Å². The van der Waals surface area contributed by atoms with E-state index in [1.165, 1.54) is 39.2 Å². The Morgan fingerprint density at radius 3 is 2.65 bits per heavy atom. The number of benzene rings is 1. The van der Waals surface area contributed by atoms with Gasteiger partial charge in [0.25, 0.3) is 0 Å². The van der Waals surface area contributed by atoms with Gasteiger partial charge in [0.2, 0.25) is 0 Å². The van der Waals surface area contributed by atoms with Gasteiger partial charge in [-0.1, -0.05) is 25.3 Å². The summed E-state index contributed by atoms with van der Waals surface area (Å²) >= 11 is 5.92. The normalized spacial score (nSPS) is 16.6. The lowest BCUT2D eigenvalue weighted by atomic mass is 9.94. The van der Waals surface area contributed by atoms with Gasteiger partial charge in [-0.3, -0.25) is 4.90 Å². The van der Waals surface area contributed by atoms with E-state index in [2.05, 4.69) is 4.90 Å². The third-order valence-corrected chi connectivity index (χ3v) is 4.23. The third-order valence-electron chi connectivity index (χ3n) is 4.06. The molecule has 1 aliphatic rings. The SMILES string of the molecule is COc1ccc(CN(CCCl)C2CCCCC2)cc1F. The molecule has 1 aromatic rings. The molecule has 4 heteroatoms. The Labute approximate surface area is 125 Å². The summed E-state index contributed by atoms with van der Waals surface area (Å²) in [5, 5.41) is 0. The van der Waals surface area contributed by atoms with Crippen molar-refractivity contribution in [3.05, 3.63) is 29.6 Å². The maximum Gasteiger partial charge on any atom is 0.165 e. The molecule has 0 spiro atoms. The topological polar surface area (TPSA) is 12.5 Å². The number of alkyl halides is 1. The minimum Gasteiger partial charge on any atom is -0.494 e. The predicted molar refractivity (Wildman–Crippen MR) is 81.0 cm³/mol. The summed E-state index contributed by atoms with van der Waals surface area (Å²) in [5.41, 5.74) is 0.985. The van der Waals surface area contributed by atoms with E-state index in [0.29, 0.717) is 17.7 Å². The molecule has 2 rings (SSSR count). The zero-order chi connectivity index (χ0) is 14.4. The summed E-state index contributed by atoms with van der Waals surface area (Å²) in [6.45, 7) is 1.62. The standard InChI is InChI=1S/C16H23ClFNO/c1-20-16-8-7-13(11-15(16)18)12-19(10-9-17)14-5-3-2-4-6-14/h7-8,11,14H,2-6,9-10,12H2,1H3. The van der Waals surface area contributed by atoms with Crippen LogP contribution in [0.2, 0.25) is 0 Å². The Morgan fingerprint density at radius 1 is 1.30 bits per heavy atom. The molecule has 1 saturated carbocycles. The summed E-state index contributed by atoms with van der Waals surface area (Å²) in [6, 6.07) is 5.80. The molecule has 1 aromatic carbocycles. The van der Waals surface area contributed by atoms with Crippen LogP contribution in [-0.2, 0) is 6.54 Å². The van der Waals surface area contributed by atoms with E-state index in [1.807, 2.05) is 6.07 Å². The molecule has 0 aliphatic heterocycles. The summed E-state index contributed by atoms with van der Waals surface area (Å²) in [7, 11) is 1.49. The van der Waals surface area contributed by atoms with Crippen molar-refractivity contribution in [2.24, 2.45) is 0 Å². The van der Waals surface area contributed by atoms with E-state index in [4.69, 9.17) is 16.3 Å².